The van der Waals surface area contributed by atoms with Gasteiger partial charge in [0.25, 0.3) is 5.91 Å². The fourth-order valence-corrected chi connectivity index (χ4v) is 2.93. The molecule has 3 aromatic carbocycles. The molecule has 0 unspecified atom stereocenters. The van der Waals surface area contributed by atoms with Crippen molar-refractivity contribution in [3.8, 4) is 5.75 Å². The molecule has 1 amide bonds. The number of hydrogen-bond acceptors (Lipinski definition) is 3. The Kier molecular flexibility index (Phi) is 7.94. The van der Waals surface area contributed by atoms with Crippen LogP contribution in [0.4, 0.5) is 8.78 Å². The smallest absolute Gasteiger partial charge is 0.284 e. The number of amidine groups is 1. The SMILES string of the molecule is NC(/C=C\NCc1cc(OCc2ccccc2)ccc1Cl)=NC(=O)c1c(F)cccc1F. The summed E-state index contributed by atoms with van der Waals surface area (Å²) < 4.78 is 33.1. The van der Waals surface area contributed by atoms with Crippen molar-refractivity contribution in [2.24, 2.45) is 10.7 Å². The van der Waals surface area contributed by atoms with E-state index in [2.05, 4.69) is 10.3 Å². The molecule has 0 aromatic heterocycles. The van der Waals surface area contributed by atoms with Crippen molar-refractivity contribution in [3.63, 3.8) is 0 Å². The van der Waals surface area contributed by atoms with Crippen LogP contribution in [0.25, 0.3) is 0 Å². The zero-order valence-corrected chi connectivity index (χ0v) is 17.7. The number of ether oxygens (including phenoxy) is 1. The van der Waals surface area contributed by atoms with Gasteiger partial charge in [-0.15, -0.1) is 0 Å². The molecule has 0 heterocycles. The number of nitrogens with two attached hydrogens (primary N) is 1. The summed E-state index contributed by atoms with van der Waals surface area (Å²) in [6, 6.07) is 18.2. The highest BCUT2D eigenvalue weighted by atomic mass is 35.5. The van der Waals surface area contributed by atoms with Crippen molar-refractivity contribution >= 4 is 23.3 Å². The summed E-state index contributed by atoms with van der Waals surface area (Å²) in [7, 11) is 0. The van der Waals surface area contributed by atoms with Gasteiger partial charge in [0.2, 0.25) is 0 Å². The average Bonchev–Trinajstić information content (AvgIpc) is 2.77. The molecule has 32 heavy (non-hydrogen) atoms. The second kappa shape index (κ2) is 11.1. The fraction of sp³-hybridized carbons (Fsp3) is 0.0833. The lowest BCUT2D eigenvalue weighted by Crippen LogP contribution is -2.15. The molecule has 0 atom stereocenters. The van der Waals surface area contributed by atoms with Gasteiger partial charge in [-0.05, 0) is 47.5 Å². The number of hydrogen-bond donors (Lipinski definition) is 2. The predicted octanol–water partition coefficient (Wildman–Crippen LogP) is 5.00. The molecule has 8 heteroatoms. The molecule has 0 aliphatic rings. The van der Waals surface area contributed by atoms with Crippen LogP contribution in [-0.2, 0) is 13.2 Å². The Morgan fingerprint density at radius 2 is 1.78 bits per heavy atom. The molecule has 0 aliphatic heterocycles. The summed E-state index contributed by atoms with van der Waals surface area (Å²) >= 11 is 6.24. The third-order valence-corrected chi connectivity index (χ3v) is 4.71. The summed E-state index contributed by atoms with van der Waals surface area (Å²) in [5.41, 5.74) is 6.72. The topological polar surface area (TPSA) is 76.7 Å². The molecule has 3 rings (SSSR count). The third-order valence-electron chi connectivity index (χ3n) is 4.34. The summed E-state index contributed by atoms with van der Waals surface area (Å²) in [5.74, 6) is -2.65. The lowest BCUT2D eigenvalue weighted by Gasteiger charge is -2.10. The summed E-state index contributed by atoms with van der Waals surface area (Å²) in [6.45, 7) is 0.778. The lowest BCUT2D eigenvalue weighted by atomic mass is 10.2. The molecule has 0 fully saturated rings. The van der Waals surface area contributed by atoms with E-state index in [9.17, 15) is 13.6 Å². The molecule has 0 saturated heterocycles. The summed E-state index contributed by atoms with van der Waals surface area (Å²) in [4.78, 5) is 15.5. The van der Waals surface area contributed by atoms with Gasteiger partial charge in [-0.3, -0.25) is 4.79 Å². The van der Waals surface area contributed by atoms with Gasteiger partial charge in [0.1, 0.15) is 35.4 Å². The molecule has 0 bridgehead atoms. The second-order valence-corrected chi connectivity index (χ2v) is 7.09. The third kappa shape index (κ3) is 6.39. The quantitative estimate of drug-likeness (QED) is 0.370. The van der Waals surface area contributed by atoms with Gasteiger partial charge in [0.15, 0.2) is 0 Å². The van der Waals surface area contributed by atoms with Crippen molar-refractivity contribution in [2.75, 3.05) is 0 Å². The largest absolute Gasteiger partial charge is 0.489 e. The van der Waals surface area contributed by atoms with Crippen molar-refractivity contribution in [1.29, 1.82) is 0 Å². The molecular weight excluding hydrogens is 436 g/mol. The van der Waals surface area contributed by atoms with E-state index < -0.39 is 23.1 Å². The maximum Gasteiger partial charge on any atom is 0.284 e. The number of nitrogens with one attached hydrogen (secondary N) is 1. The van der Waals surface area contributed by atoms with Crippen molar-refractivity contribution < 1.29 is 18.3 Å². The van der Waals surface area contributed by atoms with Gasteiger partial charge in [0.05, 0.1) is 0 Å². The highest BCUT2D eigenvalue weighted by molar-refractivity contribution is 6.31. The van der Waals surface area contributed by atoms with Gasteiger partial charge in [-0.2, -0.15) is 4.99 Å². The molecule has 0 radical (unpaired) electrons. The Morgan fingerprint density at radius 1 is 1.06 bits per heavy atom. The van der Waals surface area contributed by atoms with E-state index in [4.69, 9.17) is 22.1 Å². The van der Waals surface area contributed by atoms with E-state index in [0.717, 1.165) is 29.3 Å². The second-order valence-electron chi connectivity index (χ2n) is 6.68. The highest BCUT2D eigenvalue weighted by Crippen LogP contribution is 2.23. The Hall–Kier alpha value is -3.71. The number of carbonyl (C=O) groups is 1. The molecule has 0 spiro atoms. The van der Waals surface area contributed by atoms with E-state index in [1.165, 1.54) is 12.3 Å². The van der Waals surface area contributed by atoms with E-state index in [1.54, 1.807) is 12.1 Å². The monoisotopic (exact) mass is 455 g/mol. The van der Waals surface area contributed by atoms with E-state index >= 15 is 0 Å². The van der Waals surface area contributed by atoms with Crippen LogP contribution in [0.1, 0.15) is 21.5 Å². The highest BCUT2D eigenvalue weighted by Gasteiger charge is 2.16. The van der Waals surface area contributed by atoms with E-state index in [1.807, 2.05) is 36.4 Å². The minimum atomic E-state index is -1.10. The minimum Gasteiger partial charge on any atom is -0.489 e. The molecular formula is C24H20ClF2N3O2. The number of amides is 1. The first-order chi connectivity index (χ1) is 15.4. The van der Waals surface area contributed by atoms with Gasteiger partial charge in [-0.1, -0.05) is 48.0 Å². The van der Waals surface area contributed by atoms with Crippen LogP contribution in [0.5, 0.6) is 5.75 Å². The van der Waals surface area contributed by atoms with Crippen LogP contribution in [0.3, 0.4) is 0 Å². The average molecular weight is 456 g/mol. The molecule has 0 saturated carbocycles. The first-order valence-electron chi connectivity index (χ1n) is 9.61. The number of rotatable bonds is 8. The Morgan fingerprint density at radius 3 is 2.50 bits per heavy atom. The van der Waals surface area contributed by atoms with Crippen LogP contribution in [-0.4, -0.2) is 11.7 Å². The number of aliphatic imine (C=N–C) groups is 1. The Bertz CT molecular complexity index is 1130. The van der Waals surface area contributed by atoms with E-state index in [-0.39, 0.29) is 5.84 Å². The van der Waals surface area contributed by atoms with E-state index in [0.29, 0.717) is 23.9 Å². The summed E-state index contributed by atoms with van der Waals surface area (Å²) in [6.07, 6.45) is 2.76. The van der Waals surface area contributed by atoms with Crippen LogP contribution >= 0.6 is 11.6 Å². The maximum absolute atomic E-state index is 13.6. The number of nitrogens with zero attached hydrogens (tertiary/aromatic N) is 1. The van der Waals surface area contributed by atoms with Gasteiger partial charge in [0, 0.05) is 17.8 Å². The fourth-order valence-electron chi connectivity index (χ4n) is 2.74. The lowest BCUT2D eigenvalue weighted by molar-refractivity contribution is 0.0995. The first kappa shape index (κ1) is 23.0. The number of benzene rings is 3. The Labute approximate surface area is 189 Å². The van der Waals surface area contributed by atoms with Crippen molar-refractivity contribution in [2.45, 2.75) is 13.2 Å². The predicted molar refractivity (Wildman–Crippen MR) is 121 cm³/mol. The summed E-state index contributed by atoms with van der Waals surface area (Å²) in [5, 5.41) is 3.52. The van der Waals surface area contributed by atoms with Crippen molar-refractivity contribution in [1.82, 2.24) is 5.32 Å². The van der Waals surface area contributed by atoms with Gasteiger partial charge < -0.3 is 15.8 Å². The molecule has 3 aromatic rings. The number of carbonyl (C=O) groups excluding carboxylic acids is 1. The zero-order valence-electron chi connectivity index (χ0n) is 16.9. The molecule has 3 N–H and O–H groups in total. The molecule has 164 valence electrons. The number of halogens is 3. The zero-order chi connectivity index (χ0) is 22.9. The van der Waals surface area contributed by atoms with Crippen LogP contribution in [0.15, 0.2) is 84.0 Å². The van der Waals surface area contributed by atoms with Gasteiger partial charge >= 0.3 is 0 Å². The first-order valence-corrected chi connectivity index (χ1v) is 9.99. The van der Waals surface area contributed by atoms with Crippen LogP contribution < -0.4 is 15.8 Å². The molecule has 5 nitrogen and oxygen atoms in total. The minimum absolute atomic E-state index is 0.212. The normalized spacial score (nSPS) is 11.5. The van der Waals surface area contributed by atoms with Crippen LogP contribution in [0.2, 0.25) is 5.02 Å². The van der Waals surface area contributed by atoms with Gasteiger partial charge in [-0.25, -0.2) is 8.78 Å². The standard InChI is InChI=1S/C24H20ClF2N3O2/c25-19-10-9-18(32-15-16-5-2-1-3-6-16)13-17(19)14-29-12-11-22(28)30-24(31)23-20(26)7-4-8-21(23)27/h1-13,29H,14-15H2,(H2,28,30,31)/b12-11-. The maximum atomic E-state index is 13.6. The Balaban J connectivity index is 1.57. The van der Waals surface area contributed by atoms with Crippen molar-refractivity contribution in [3.05, 3.63) is 112 Å². The van der Waals surface area contributed by atoms with Crippen LogP contribution in [0, 0.1) is 11.6 Å². The molecule has 0 aliphatic carbocycles.